The number of alkyl halides is 2. The summed E-state index contributed by atoms with van der Waals surface area (Å²) in [4.78, 5) is 9.60. The molecule has 0 aliphatic carbocycles. The van der Waals surface area contributed by atoms with E-state index in [1.807, 2.05) is 20.8 Å². The van der Waals surface area contributed by atoms with Gasteiger partial charge in [-0.05, 0) is 20.8 Å². The van der Waals surface area contributed by atoms with Crippen LogP contribution < -0.4 is 0 Å². The molecule has 0 aliphatic rings. The van der Waals surface area contributed by atoms with Crippen LogP contribution in [0.25, 0.3) is 0 Å². The third kappa shape index (κ3) is 24.4. The van der Waals surface area contributed by atoms with Crippen molar-refractivity contribution in [2.24, 2.45) is 0 Å². The fourth-order valence-corrected chi connectivity index (χ4v) is 0.144. The van der Waals surface area contributed by atoms with Crippen molar-refractivity contribution in [2.45, 2.75) is 26.4 Å². The molecule has 0 unspecified atom stereocenters. The van der Waals surface area contributed by atoms with Crippen molar-refractivity contribution in [1.82, 2.24) is 0 Å². The highest BCUT2D eigenvalue weighted by Gasteiger charge is 2.07. The van der Waals surface area contributed by atoms with Gasteiger partial charge in [-0.3, -0.25) is 4.79 Å². The summed E-state index contributed by atoms with van der Waals surface area (Å²) in [7, 11) is 0. The molecule has 0 amide bonds. The van der Waals surface area contributed by atoms with Crippen LogP contribution in [0.3, 0.4) is 0 Å². The number of halogens is 2. The molecule has 0 saturated carbocycles. The zero-order chi connectivity index (χ0) is 8.62. The van der Waals surface area contributed by atoms with Gasteiger partial charge < -0.3 is 4.74 Å². The topological polar surface area (TPSA) is 26.3 Å². The van der Waals surface area contributed by atoms with Gasteiger partial charge >= 0.3 is 0 Å². The number of hydrogen-bond acceptors (Lipinski definition) is 2. The Morgan fingerprint density at radius 3 is 1.70 bits per heavy atom. The molecule has 0 atom stereocenters. The Morgan fingerprint density at radius 1 is 1.40 bits per heavy atom. The molecule has 0 bridgehead atoms. The lowest BCUT2D eigenvalue weighted by molar-refractivity contribution is -0.138. The van der Waals surface area contributed by atoms with E-state index in [2.05, 4.69) is 4.74 Å². The molecule has 0 radical (unpaired) electrons. The third-order valence-electron chi connectivity index (χ3n) is 0.402. The van der Waals surface area contributed by atoms with Crippen LogP contribution in [0.5, 0.6) is 0 Å². The summed E-state index contributed by atoms with van der Waals surface area (Å²) in [6.45, 7) is 5.92. The first-order valence-corrected chi connectivity index (χ1v) is 3.78. The summed E-state index contributed by atoms with van der Waals surface area (Å²) in [6, 6.07) is 0. The van der Waals surface area contributed by atoms with Crippen LogP contribution >= 0.6 is 23.2 Å². The predicted octanol–water partition coefficient (Wildman–Crippen LogP) is 2.38. The summed E-state index contributed by atoms with van der Waals surface area (Å²) in [6.07, 6.45) is 0. The normalized spacial score (nSPS) is 9.30. The third-order valence-corrected chi connectivity index (χ3v) is 0.402. The van der Waals surface area contributed by atoms with Crippen molar-refractivity contribution >= 4 is 29.7 Å². The maximum atomic E-state index is 9.60. The Bertz CT molecular complexity index is 78.3. The van der Waals surface area contributed by atoms with Crippen LogP contribution in [0.4, 0.5) is 0 Å². The lowest BCUT2D eigenvalue weighted by Gasteiger charge is -2.14. The van der Waals surface area contributed by atoms with E-state index in [0.29, 0.717) is 6.47 Å². The molecule has 0 spiro atoms. The zero-order valence-corrected chi connectivity index (χ0v) is 7.87. The van der Waals surface area contributed by atoms with Crippen molar-refractivity contribution in [3.8, 4) is 0 Å². The van der Waals surface area contributed by atoms with Crippen LogP contribution in [0.2, 0.25) is 0 Å². The minimum Gasteiger partial charge on any atom is -0.462 e. The number of ether oxygens (including phenoxy) is 1. The predicted molar refractivity (Wildman–Crippen MR) is 43.5 cm³/mol. The van der Waals surface area contributed by atoms with Gasteiger partial charge in [-0.25, -0.2) is 0 Å². The molecule has 2 nitrogen and oxygen atoms in total. The first kappa shape index (κ1) is 12.7. The summed E-state index contributed by atoms with van der Waals surface area (Å²) in [5, 5.41) is 0.194. The standard InChI is InChI=1S/C5H10O2.CH2Cl2/c1-5(2,3)7-4-6;2-1-3/h4H,1-3H3;1H2. The average molecular weight is 187 g/mol. The van der Waals surface area contributed by atoms with Gasteiger partial charge in [0.15, 0.2) is 0 Å². The second kappa shape index (κ2) is 7.16. The molecular weight excluding hydrogens is 175 g/mol. The Hall–Kier alpha value is 0.0500. The Morgan fingerprint density at radius 2 is 1.70 bits per heavy atom. The summed E-state index contributed by atoms with van der Waals surface area (Å²) < 4.78 is 4.55. The van der Waals surface area contributed by atoms with Gasteiger partial charge in [-0.1, -0.05) is 0 Å². The number of carbonyl (C=O) groups excluding carboxylic acids is 1. The molecule has 0 N–H and O–H groups in total. The van der Waals surface area contributed by atoms with Gasteiger partial charge in [-0.2, -0.15) is 0 Å². The maximum absolute atomic E-state index is 9.60. The number of carbonyl (C=O) groups is 1. The summed E-state index contributed by atoms with van der Waals surface area (Å²) in [5.74, 6) is 0. The van der Waals surface area contributed by atoms with E-state index < -0.39 is 0 Å². The second-order valence-corrected chi connectivity index (χ2v) is 3.24. The van der Waals surface area contributed by atoms with Crippen molar-refractivity contribution in [3.05, 3.63) is 0 Å². The first-order valence-electron chi connectivity index (χ1n) is 2.71. The van der Waals surface area contributed by atoms with Crippen LogP contribution in [0, 0.1) is 0 Å². The smallest absolute Gasteiger partial charge is 0.293 e. The van der Waals surface area contributed by atoms with Crippen LogP contribution in [-0.4, -0.2) is 17.4 Å². The van der Waals surface area contributed by atoms with E-state index in [1.165, 1.54) is 0 Å². The molecule has 0 aliphatic heterocycles. The van der Waals surface area contributed by atoms with Crippen LogP contribution in [-0.2, 0) is 9.53 Å². The molecular formula is C6H12Cl2O2. The van der Waals surface area contributed by atoms with Crippen LogP contribution in [0.15, 0.2) is 0 Å². The van der Waals surface area contributed by atoms with E-state index in [0.717, 1.165) is 0 Å². The molecule has 4 heteroatoms. The van der Waals surface area contributed by atoms with E-state index in [1.54, 1.807) is 0 Å². The van der Waals surface area contributed by atoms with E-state index in [4.69, 9.17) is 23.2 Å². The molecule has 0 saturated heterocycles. The largest absolute Gasteiger partial charge is 0.462 e. The Labute approximate surface area is 71.5 Å². The minimum absolute atomic E-state index is 0.194. The maximum Gasteiger partial charge on any atom is 0.293 e. The van der Waals surface area contributed by atoms with Crippen molar-refractivity contribution in [1.29, 1.82) is 0 Å². The number of rotatable bonds is 1. The molecule has 0 rings (SSSR count). The monoisotopic (exact) mass is 186 g/mol. The molecule has 0 heterocycles. The quantitative estimate of drug-likeness (QED) is 0.465. The summed E-state index contributed by atoms with van der Waals surface area (Å²) in [5.41, 5.74) is -0.318. The van der Waals surface area contributed by atoms with Gasteiger partial charge in [-0.15, -0.1) is 23.2 Å². The van der Waals surface area contributed by atoms with E-state index in [9.17, 15) is 4.79 Å². The summed E-state index contributed by atoms with van der Waals surface area (Å²) >= 11 is 9.53. The van der Waals surface area contributed by atoms with Gasteiger partial charge in [0.25, 0.3) is 6.47 Å². The minimum atomic E-state index is -0.318. The Balaban J connectivity index is 0. The molecule has 0 fully saturated rings. The fraction of sp³-hybridized carbons (Fsp3) is 0.833. The fourth-order valence-electron chi connectivity index (χ4n) is 0.144. The van der Waals surface area contributed by atoms with Gasteiger partial charge in [0.05, 0.1) is 5.34 Å². The Kier molecular flexibility index (Phi) is 9.10. The SMILES string of the molecule is CC(C)(C)OC=O.ClCCl. The lowest BCUT2D eigenvalue weighted by Crippen LogP contribution is -2.17. The zero-order valence-electron chi connectivity index (χ0n) is 6.36. The van der Waals surface area contributed by atoms with Crippen LogP contribution in [0.1, 0.15) is 20.8 Å². The van der Waals surface area contributed by atoms with Gasteiger partial charge in [0.2, 0.25) is 0 Å². The molecule has 0 aromatic rings. The highest BCUT2D eigenvalue weighted by atomic mass is 35.5. The highest BCUT2D eigenvalue weighted by molar-refractivity contribution is 6.40. The number of hydrogen-bond donors (Lipinski definition) is 0. The molecule has 0 aromatic heterocycles. The van der Waals surface area contributed by atoms with Gasteiger partial charge in [0.1, 0.15) is 5.60 Å². The molecule has 62 valence electrons. The van der Waals surface area contributed by atoms with Crippen molar-refractivity contribution < 1.29 is 9.53 Å². The van der Waals surface area contributed by atoms with Crippen molar-refractivity contribution in [2.75, 3.05) is 5.34 Å². The highest BCUT2D eigenvalue weighted by Crippen LogP contribution is 2.02. The second-order valence-electron chi connectivity index (χ2n) is 2.43. The van der Waals surface area contributed by atoms with Crippen molar-refractivity contribution in [3.63, 3.8) is 0 Å². The first-order chi connectivity index (χ1) is 4.47. The van der Waals surface area contributed by atoms with E-state index >= 15 is 0 Å². The average Bonchev–Trinajstić information content (AvgIpc) is 1.63. The molecule has 0 aromatic carbocycles. The molecule has 10 heavy (non-hydrogen) atoms. The van der Waals surface area contributed by atoms with Gasteiger partial charge in [0, 0.05) is 0 Å². The van der Waals surface area contributed by atoms with E-state index in [-0.39, 0.29) is 10.9 Å². The lowest BCUT2D eigenvalue weighted by atomic mass is 10.2.